The molecule has 2 aromatic rings. The third-order valence-corrected chi connectivity index (χ3v) is 3.92. The number of benzene rings is 1. The number of hydrogen-bond acceptors (Lipinski definition) is 5. The first-order chi connectivity index (χ1) is 10.6. The molecule has 1 saturated heterocycles. The molecule has 1 N–H and O–H groups in total. The van der Waals surface area contributed by atoms with Crippen LogP contribution in [-0.2, 0) is 0 Å². The lowest BCUT2D eigenvalue weighted by Gasteiger charge is -2.38. The summed E-state index contributed by atoms with van der Waals surface area (Å²) in [7, 11) is 0. The standard InChI is InChI=1S/C17H21N3O2/c1-14-4-6-15(7-5-14)22-13-17(21)8-2-11-20(12-17)16-18-9-3-10-19-16/h3-7,9-10,21H,2,8,11-13H2,1H3/t17-/m0/s1. The molecule has 0 spiro atoms. The molecule has 1 aliphatic heterocycles. The Balaban J connectivity index is 1.63. The second-order valence-electron chi connectivity index (χ2n) is 5.90. The molecule has 0 bridgehead atoms. The van der Waals surface area contributed by atoms with Gasteiger partial charge in [-0.3, -0.25) is 0 Å². The molecule has 5 nitrogen and oxygen atoms in total. The molecule has 5 heteroatoms. The fourth-order valence-electron chi connectivity index (χ4n) is 2.71. The van der Waals surface area contributed by atoms with E-state index < -0.39 is 5.60 Å². The number of anilines is 1. The van der Waals surface area contributed by atoms with Crippen LogP contribution in [0.4, 0.5) is 5.95 Å². The topological polar surface area (TPSA) is 58.5 Å². The van der Waals surface area contributed by atoms with Crippen molar-refractivity contribution in [3.63, 3.8) is 0 Å². The van der Waals surface area contributed by atoms with Crippen molar-refractivity contribution in [1.29, 1.82) is 0 Å². The van der Waals surface area contributed by atoms with Gasteiger partial charge in [-0.05, 0) is 38.0 Å². The highest BCUT2D eigenvalue weighted by Crippen LogP contribution is 2.25. The van der Waals surface area contributed by atoms with E-state index in [0.717, 1.165) is 25.1 Å². The molecule has 2 heterocycles. The fourth-order valence-corrected chi connectivity index (χ4v) is 2.71. The predicted molar refractivity (Wildman–Crippen MR) is 85.1 cm³/mol. The highest BCUT2D eigenvalue weighted by Gasteiger charge is 2.35. The van der Waals surface area contributed by atoms with Gasteiger partial charge in [0.2, 0.25) is 5.95 Å². The summed E-state index contributed by atoms with van der Waals surface area (Å²) in [5, 5.41) is 10.8. The molecule has 1 atom stereocenters. The number of aliphatic hydroxyl groups is 1. The average Bonchev–Trinajstić information content (AvgIpc) is 2.55. The van der Waals surface area contributed by atoms with Crippen molar-refractivity contribution >= 4 is 5.95 Å². The van der Waals surface area contributed by atoms with Gasteiger partial charge in [0, 0.05) is 18.9 Å². The molecule has 22 heavy (non-hydrogen) atoms. The summed E-state index contributed by atoms with van der Waals surface area (Å²) in [5.41, 5.74) is 0.318. The van der Waals surface area contributed by atoms with Crippen molar-refractivity contribution in [3.8, 4) is 5.75 Å². The molecule has 1 fully saturated rings. The lowest BCUT2D eigenvalue weighted by Crippen LogP contribution is -2.52. The second kappa shape index (κ2) is 6.32. The van der Waals surface area contributed by atoms with Crippen molar-refractivity contribution in [3.05, 3.63) is 48.3 Å². The Morgan fingerprint density at radius 3 is 2.68 bits per heavy atom. The second-order valence-corrected chi connectivity index (χ2v) is 5.90. The van der Waals surface area contributed by atoms with Crippen LogP contribution in [0, 0.1) is 6.92 Å². The van der Waals surface area contributed by atoms with Gasteiger partial charge in [0.1, 0.15) is 18.0 Å². The molecule has 0 saturated carbocycles. The minimum Gasteiger partial charge on any atom is -0.491 e. The molecular formula is C17H21N3O2. The molecule has 0 amide bonds. The van der Waals surface area contributed by atoms with Gasteiger partial charge < -0.3 is 14.7 Å². The Morgan fingerprint density at radius 2 is 1.95 bits per heavy atom. The zero-order valence-electron chi connectivity index (χ0n) is 12.8. The number of aryl methyl sites for hydroxylation is 1. The first kappa shape index (κ1) is 14.8. The van der Waals surface area contributed by atoms with Gasteiger partial charge in [0.25, 0.3) is 0 Å². The molecule has 0 radical (unpaired) electrons. The lowest BCUT2D eigenvalue weighted by atomic mass is 9.94. The average molecular weight is 299 g/mol. The number of rotatable bonds is 4. The largest absolute Gasteiger partial charge is 0.491 e. The molecular weight excluding hydrogens is 278 g/mol. The van der Waals surface area contributed by atoms with Crippen LogP contribution in [0.3, 0.4) is 0 Å². The van der Waals surface area contributed by atoms with Crippen molar-refractivity contribution in [2.24, 2.45) is 0 Å². The minimum atomic E-state index is -0.873. The molecule has 116 valence electrons. The maximum atomic E-state index is 10.8. The molecule has 0 aliphatic carbocycles. The third kappa shape index (κ3) is 3.54. The van der Waals surface area contributed by atoms with Gasteiger partial charge in [0.15, 0.2) is 0 Å². The quantitative estimate of drug-likeness (QED) is 0.938. The SMILES string of the molecule is Cc1ccc(OC[C@]2(O)CCCN(c3ncccn3)C2)cc1. The van der Waals surface area contributed by atoms with Crippen LogP contribution < -0.4 is 9.64 Å². The Hall–Kier alpha value is -2.14. The van der Waals surface area contributed by atoms with Gasteiger partial charge in [-0.1, -0.05) is 17.7 Å². The number of hydrogen-bond donors (Lipinski definition) is 1. The summed E-state index contributed by atoms with van der Waals surface area (Å²) in [6.07, 6.45) is 5.06. The summed E-state index contributed by atoms with van der Waals surface area (Å²) < 4.78 is 5.77. The number of nitrogens with zero attached hydrogens (tertiary/aromatic N) is 3. The maximum absolute atomic E-state index is 10.8. The van der Waals surface area contributed by atoms with Crippen LogP contribution in [0.25, 0.3) is 0 Å². The van der Waals surface area contributed by atoms with Gasteiger partial charge >= 0.3 is 0 Å². The highest BCUT2D eigenvalue weighted by molar-refractivity contribution is 5.31. The van der Waals surface area contributed by atoms with Crippen LogP contribution in [0.2, 0.25) is 0 Å². The number of piperidine rings is 1. The highest BCUT2D eigenvalue weighted by atomic mass is 16.5. The summed E-state index contributed by atoms with van der Waals surface area (Å²) in [4.78, 5) is 10.5. The van der Waals surface area contributed by atoms with Crippen LogP contribution in [0.1, 0.15) is 18.4 Å². The Kier molecular flexibility index (Phi) is 4.24. The van der Waals surface area contributed by atoms with E-state index >= 15 is 0 Å². The normalized spacial score (nSPS) is 21.6. The molecule has 1 aromatic carbocycles. The Bertz CT molecular complexity index is 603. The van der Waals surface area contributed by atoms with Crippen molar-refractivity contribution in [2.45, 2.75) is 25.4 Å². The summed E-state index contributed by atoms with van der Waals surface area (Å²) >= 11 is 0. The summed E-state index contributed by atoms with van der Waals surface area (Å²) in [5.74, 6) is 1.45. The monoisotopic (exact) mass is 299 g/mol. The van der Waals surface area contributed by atoms with Crippen molar-refractivity contribution < 1.29 is 9.84 Å². The predicted octanol–water partition coefficient (Wildman–Crippen LogP) is 2.20. The molecule has 0 unspecified atom stereocenters. The van der Waals surface area contributed by atoms with E-state index in [1.807, 2.05) is 36.1 Å². The number of β-amino-alcohol motifs (C(OH)–C–C–N with tert-alkyl or cyclic N) is 1. The van der Waals surface area contributed by atoms with Crippen molar-refractivity contribution in [2.75, 3.05) is 24.6 Å². The number of ether oxygens (including phenoxy) is 1. The fraction of sp³-hybridized carbons (Fsp3) is 0.412. The maximum Gasteiger partial charge on any atom is 0.225 e. The van der Waals surface area contributed by atoms with E-state index in [1.54, 1.807) is 18.5 Å². The zero-order valence-corrected chi connectivity index (χ0v) is 12.8. The van der Waals surface area contributed by atoms with Crippen molar-refractivity contribution in [1.82, 2.24) is 9.97 Å². The summed E-state index contributed by atoms with van der Waals surface area (Å²) in [6, 6.07) is 9.66. The minimum absolute atomic E-state index is 0.277. The van der Waals surface area contributed by atoms with E-state index in [0.29, 0.717) is 12.5 Å². The van der Waals surface area contributed by atoms with E-state index in [9.17, 15) is 5.11 Å². The van der Waals surface area contributed by atoms with Crippen LogP contribution in [0.15, 0.2) is 42.7 Å². The lowest BCUT2D eigenvalue weighted by molar-refractivity contribution is -0.0158. The van der Waals surface area contributed by atoms with Crippen LogP contribution in [-0.4, -0.2) is 40.4 Å². The van der Waals surface area contributed by atoms with Crippen LogP contribution in [0.5, 0.6) is 5.75 Å². The van der Waals surface area contributed by atoms with Gasteiger partial charge in [-0.15, -0.1) is 0 Å². The Morgan fingerprint density at radius 1 is 1.23 bits per heavy atom. The first-order valence-corrected chi connectivity index (χ1v) is 7.58. The van der Waals surface area contributed by atoms with E-state index in [-0.39, 0.29) is 6.61 Å². The van der Waals surface area contributed by atoms with Gasteiger partial charge in [-0.2, -0.15) is 0 Å². The third-order valence-electron chi connectivity index (χ3n) is 3.92. The molecule has 3 rings (SSSR count). The summed E-state index contributed by atoms with van der Waals surface area (Å²) in [6.45, 7) is 3.66. The molecule has 1 aliphatic rings. The molecule has 1 aromatic heterocycles. The van der Waals surface area contributed by atoms with Gasteiger partial charge in [0.05, 0.1) is 6.54 Å². The van der Waals surface area contributed by atoms with Gasteiger partial charge in [-0.25, -0.2) is 9.97 Å². The number of aromatic nitrogens is 2. The smallest absolute Gasteiger partial charge is 0.225 e. The first-order valence-electron chi connectivity index (χ1n) is 7.58. The Labute approximate surface area is 130 Å². The van der Waals surface area contributed by atoms with E-state index in [1.165, 1.54) is 5.56 Å². The van der Waals surface area contributed by atoms with E-state index in [2.05, 4.69) is 9.97 Å². The zero-order chi connectivity index (χ0) is 15.4. The van der Waals surface area contributed by atoms with Crippen LogP contribution >= 0.6 is 0 Å². The van der Waals surface area contributed by atoms with E-state index in [4.69, 9.17) is 4.74 Å².